The molecule has 4 aromatic carbocycles. The lowest BCUT2D eigenvalue weighted by molar-refractivity contribution is -0.143. The maximum atomic E-state index is 11.4. The number of phenolic OH excluding ortho intramolecular Hbond substituents is 2. The molecule has 0 unspecified atom stereocenters. The summed E-state index contributed by atoms with van der Waals surface area (Å²) in [5.41, 5.74) is 1.68. The van der Waals surface area contributed by atoms with Crippen molar-refractivity contribution >= 4 is 33.5 Å². The van der Waals surface area contributed by atoms with Gasteiger partial charge in [-0.1, -0.05) is 48.5 Å². The quantitative estimate of drug-likeness (QED) is 0.423. The van der Waals surface area contributed by atoms with Crippen molar-refractivity contribution in [3.05, 3.63) is 71.8 Å². The highest BCUT2D eigenvalue weighted by atomic mass is 16.5. The number of fused-ring (bicyclic) bond motifs is 2. The fourth-order valence-electron chi connectivity index (χ4n) is 3.87. The first-order valence-corrected chi connectivity index (χ1v) is 10.1. The molecule has 0 amide bonds. The molecule has 0 fully saturated rings. The van der Waals surface area contributed by atoms with E-state index in [2.05, 4.69) is 0 Å². The van der Waals surface area contributed by atoms with E-state index in [0.717, 1.165) is 21.5 Å². The molecule has 4 rings (SSSR count). The third-order valence-corrected chi connectivity index (χ3v) is 5.31. The number of ether oxygens (including phenoxy) is 2. The van der Waals surface area contributed by atoms with Crippen LogP contribution in [0, 0.1) is 0 Å². The van der Waals surface area contributed by atoms with Crippen LogP contribution in [-0.4, -0.2) is 22.2 Å². The van der Waals surface area contributed by atoms with E-state index in [1.807, 2.05) is 48.5 Å². The Morgan fingerprint density at radius 2 is 1.06 bits per heavy atom. The lowest BCUT2D eigenvalue weighted by atomic mass is 9.89. The average Bonchev–Trinajstić information content (AvgIpc) is 2.77. The van der Waals surface area contributed by atoms with Crippen LogP contribution in [0.2, 0.25) is 0 Å². The van der Waals surface area contributed by atoms with Crippen LogP contribution in [0.5, 0.6) is 11.5 Å². The predicted molar refractivity (Wildman–Crippen MR) is 121 cm³/mol. The number of benzene rings is 4. The maximum Gasteiger partial charge on any atom is 0.302 e. The summed E-state index contributed by atoms with van der Waals surface area (Å²) in [6.45, 7) is 2.39. The van der Waals surface area contributed by atoms with E-state index in [4.69, 9.17) is 9.47 Å². The molecule has 2 N–H and O–H groups in total. The fourth-order valence-corrected chi connectivity index (χ4v) is 3.87. The summed E-state index contributed by atoms with van der Waals surface area (Å²) in [7, 11) is 0. The van der Waals surface area contributed by atoms with Crippen molar-refractivity contribution in [2.75, 3.05) is 0 Å². The number of hydrogen-bond acceptors (Lipinski definition) is 6. The van der Waals surface area contributed by atoms with Crippen molar-refractivity contribution < 1.29 is 29.3 Å². The van der Waals surface area contributed by atoms with Gasteiger partial charge in [0.2, 0.25) is 0 Å². The van der Waals surface area contributed by atoms with Crippen molar-refractivity contribution in [2.24, 2.45) is 0 Å². The molecular weight excluding hydrogens is 408 g/mol. The summed E-state index contributed by atoms with van der Waals surface area (Å²) < 4.78 is 10.3. The largest absolute Gasteiger partial charge is 0.507 e. The normalized spacial score (nSPS) is 10.9. The molecule has 0 radical (unpaired) electrons. The minimum absolute atomic E-state index is 0.0879. The third-order valence-electron chi connectivity index (χ3n) is 5.31. The van der Waals surface area contributed by atoms with Crippen molar-refractivity contribution in [2.45, 2.75) is 27.1 Å². The molecule has 0 atom stereocenters. The first-order valence-electron chi connectivity index (χ1n) is 10.1. The fraction of sp³-hybridized carbons (Fsp3) is 0.154. The highest BCUT2D eigenvalue weighted by Crippen LogP contribution is 2.47. The second-order valence-electron chi connectivity index (χ2n) is 7.52. The highest BCUT2D eigenvalue weighted by Gasteiger charge is 2.22. The molecule has 0 aliphatic rings. The van der Waals surface area contributed by atoms with Gasteiger partial charge in [0.05, 0.1) is 0 Å². The zero-order valence-electron chi connectivity index (χ0n) is 17.7. The Bertz CT molecular complexity index is 1250. The molecule has 0 saturated heterocycles. The molecule has 0 aliphatic carbocycles. The lowest BCUT2D eigenvalue weighted by Gasteiger charge is -2.19. The van der Waals surface area contributed by atoms with Gasteiger partial charge in [0, 0.05) is 36.1 Å². The Hall–Kier alpha value is -4.06. The minimum atomic E-state index is -0.462. The van der Waals surface area contributed by atoms with Gasteiger partial charge in [-0.2, -0.15) is 0 Å². The molecule has 32 heavy (non-hydrogen) atoms. The summed E-state index contributed by atoms with van der Waals surface area (Å²) in [4.78, 5) is 22.7. The highest BCUT2D eigenvalue weighted by molar-refractivity contribution is 6.10. The van der Waals surface area contributed by atoms with Crippen LogP contribution in [0.1, 0.15) is 25.0 Å². The van der Waals surface area contributed by atoms with E-state index in [1.165, 1.54) is 13.8 Å². The Morgan fingerprint density at radius 1 is 0.688 bits per heavy atom. The molecule has 0 aliphatic heterocycles. The van der Waals surface area contributed by atoms with Crippen molar-refractivity contribution in [1.82, 2.24) is 0 Å². The number of carbonyl (C=O) groups is 2. The Kier molecular flexibility index (Phi) is 5.69. The van der Waals surface area contributed by atoms with E-state index in [1.54, 1.807) is 12.1 Å². The molecule has 0 aromatic heterocycles. The second kappa shape index (κ2) is 8.59. The summed E-state index contributed by atoms with van der Waals surface area (Å²) in [6, 6.07) is 18.4. The lowest BCUT2D eigenvalue weighted by Crippen LogP contribution is -2.02. The first kappa shape index (κ1) is 21.2. The number of rotatable bonds is 5. The van der Waals surface area contributed by atoms with Crippen LogP contribution < -0.4 is 0 Å². The van der Waals surface area contributed by atoms with Crippen LogP contribution >= 0.6 is 0 Å². The van der Waals surface area contributed by atoms with Crippen molar-refractivity contribution in [3.8, 4) is 22.6 Å². The molecule has 0 spiro atoms. The zero-order valence-corrected chi connectivity index (χ0v) is 17.7. The van der Waals surface area contributed by atoms with Gasteiger partial charge in [-0.15, -0.1) is 0 Å². The minimum Gasteiger partial charge on any atom is -0.507 e. The van der Waals surface area contributed by atoms with Crippen LogP contribution in [0.4, 0.5) is 0 Å². The smallest absolute Gasteiger partial charge is 0.302 e. The Labute approximate surface area is 184 Å². The van der Waals surface area contributed by atoms with Crippen LogP contribution in [0.25, 0.3) is 32.7 Å². The summed E-state index contributed by atoms with van der Waals surface area (Å²) in [5.74, 6) is -1.10. The second-order valence-corrected chi connectivity index (χ2v) is 7.52. The number of aromatic hydroxyl groups is 2. The molecule has 0 bridgehead atoms. The molecule has 0 saturated carbocycles. The molecule has 162 valence electrons. The summed E-state index contributed by atoms with van der Waals surface area (Å²) >= 11 is 0. The zero-order chi connectivity index (χ0) is 22.8. The molecule has 6 heteroatoms. The number of esters is 2. The molecular formula is C26H22O6. The maximum absolute atomic E-state index is 11.4. The summed E-state index contributed by atoms with van der Waals surface area (Å²) in [6.07, 6.45) is 0. The SMILES string of the molecule is CC(=O)OCc1cc2ccccc2c(-c2c(O)c(COC(C)=O)cc3ccccc23)c1O. The van der Waals surface area contributed by atoms with Gasteiger partial charge >= 0.3 is 11.9 Å². The van der Waals surface area contributed by atoms with Gasteiger partial charge in [-0.3, -0.25) is 9.59 Å². The van der Waals surface area contributed by atoms with Crippen LogP contribution in [-0.2, 0) is 32.3 Å². The van der Waals surface area contributed by atoms with E-state index < -0.39 is 11.9 Å². The third kappa shape index (κ3) is 3.95. The van der Waals surface area contributed by atoms with Gasteiger partial charge in [0.15, 0.2) is 0 Å². The first-order chi connectivity index (χ1) is 15.4. The topological polar surface area (TPSA) is 93.1 Å². The van der Waals surface area contributed by atoms with Crippen molar-refractivity contribution in [3.63, 3.8) is 0 Å². The molecule has 4 aromatic rings. The van der Waals surface area contributed by atoms with Gasteiger partial charge in [-0.05, 0) is 33.7 Å². The van der Waals surface area contributed by atoms with Crippen LogP contribution in [0.3, 0.4) is 0 Å². The van der Waals surface area contributed by atoms with E-state index in [0.29, 0.717) is 22.3 Å². The number of carbonyl (C=O) groups excluding carboxylic acids is 2. The van der Waals surface area contributed by atoms with Gasteiger partial charge < -0.3 is 19.7 Å². The van der Waals surface area contributed by atoms with Gasteiger partial charge in [-0.25, -0.2) is 0 Å². The average molecular weight is 430 g/mol. The number of phenols is 2. The van der Waals surface area contributed by atoms with Crippen LogP contribution in [0.15, 0.2) is 60.7 Å². The van der Waals surface area contributed by atoms with E-state index >= 15 is 0 Å². The predicted octanol–water partition coefficient (Wildman–Crippen LogP) is 5.20. The Morgan fingerprint density at radius 3 is 1.44 bits per heavy atom. The van der Waals surface area contributed by atoms with Gasteiger partial charge in [0.25, 0.3) is 0 Å². The number of hydrogen-bond donors (Lipinski definition) is 2. The molecule has 6 nitrogen and oxygen atoms in total. The van der Waals surface area contributed by atoms with E-state index in [-0.39, 0.29) is 24.7 Å². The van der Waals surface area contributed by atoms with E-state index in [9.17, 15) is 19.8 Å². The standard InChI is InChI=1S/C26H22O6/c1-15(27)31-13-19-11-17-7-3-5-9-21(17)23(25(19)29)24-22-10-6-4-8-18(22)12-20(26(24)30)14-32-16(2)28/h3-12,29-30H,13-14H2,1-2H3. The summed E-state index contributed by atoms with van der Waals surface area (Å²) in [5, 5.41) is 25.6. The van der Waals surface area contributed by atoms with Gasteiger partial charge in [0.1, 0.15) is 24.7 Å². The Balaban J connectivity index is 2.06. The van der Waals surface area contributed by atoms with Crippen molar-refractivity contribution in [1.29, 1.82) is 0 Å². The molecule has 0 heterocycles. The monoisotopic (exact) mass is 430 g/mol.